The van der Waals surface area contributed by atoms with Gasteiger partial charge in [-0.1, -0.05) is 29.8 Å². The first kappa shape index (κ1) is 16.8. The fourth-order valence-corrected chi connectivity index (χ4v) is 4.04. The van der Waals surface area contributed by atoms with Gasteiger partial charge in [-0.25, -0.2) is 0 Å². The average molecular weight is 311 g/mol. The molecule has 0 bridgehead atoms. The maximum absolute atomic E-state index is 6.30. The van der Waals surface area contributed by atoms with Gasteiger partial charge in [0, 0.05) is 18.1 Å². The van der Waals surface area contributed by atoms with E-state index in [1.807, 2.05) is 18.2 Å². The van der Waals surface area contributed by atoms with Crippen molar-refractivity contribution in [3.8, 4) is 0 Å². The maximum Gasteiger partial charge on any atom is 0.0830 e. The van der Waals surface area contributed by atoms with E-state index in [9.17, 15) is 0 Å². The first-order chi connectivity index (χ1) is 9.63. The quantitative estimate of drug-likeness (QED) is 0.925. The van der Waals surface area contributed by atoms with Crippen LogP contribution >= 0.6 is 11.6 Å². The topological polar surface area (TPSA) is 38.5 Å². The molecule has 1 unspecified atom stereocenters. The van der Waals surface area contributed by atoms with E-state index in [0.29, 0.717) is 6.54 Å². The fourth-order valence-electron chi connectivity index (χ4n) is 3.84. The summed E-state index contributed by atoms with van der Waals surface area (Å²) in [4.78, 5) is 2.31. The van der Waals surface area contributed by atoms with Crippen LogP contribution in [0.4, 0.5) is 0 Å². The second-order valence-electron chi connectivity index (χ2n) is 7.23. The minimum atomic E-state index is -0.304. The summed E-state index contributed by atoms with van der Waals surface area (Å²) in [5.41, 5.74) is 6.65. The van der Waals surface area contributed by atoms with Crippen molar-refractivity contribution in [3.05, 3.63) is 34.9 Å². The maximum atomic E-state index is 6.30. The highest BCUT2D eigenvalue weighted by Crippen LogP contribution is 2.48. The molecule has 2 N–H and O–H groups in total. The molecule has 1 heterocycles. The molecular weight excluding hydrogens is 284 g/mol. The third kappa shape index (κ3) is 2.98. The summed E-state index contributed by atoms with van der Waals surface area (Å²) in [7, 11) is 2.11. The van der Waals surface area contributed by atoms with E-state index in [-0.39, 0.29) is 16.7 Å². The summed E-state index contributed by atoms with van der Waals surface area (Å²) in [6.07, 6.45) is 0.907. The summed E-state index contributed by atoms with van der Waals surface area (Å²) >= 11 is 6.30. The highest BCUT2D eigenvalue weighted by Gasteiger charge is 2.58. The van der Waals surface area contributed by atoms with Crippen molar-refractivity contribution in [2.24, 2.45) is 5.73 Å². The van der Waals surface area contributed by atoms with E-state index < -0.39 is 0 Å². The molecule has 0 aromatic heterocycles. The Hall–Kier alpha value is -0.610. The van der Waals surface area contributed by atoms with Gasteiger partial charge in [-0.15, -0.1) is 0 Å². The Kier molecular flexibility index (Phi) is 4.42. The van der Waals surface area contributed by atoms with E-state index >= 15 is 0 Å². The molecule has 1 aromatic carbocycles. The van der Waals surface area contributed by atoms with Gasteiger partial charge in [0.25, 0.3) is 0 Å². The summed E-state index contributed by atoms with van der Waals surface area (Å²) in [5.74, 6) is 0. The Labute approximate surface area is 133 Å². The van der Waals surface area contributed by atoms with E-state index in [1.165, 1.54) is 0 Å². The van der Waals surface area contributed by atoms with Gasteiger partial charge in [-0.3, -0.25) is 4.90 Å². The Morgan fingerprint density at radius 1 is 1.24 bits per heavy atom. The van der Waals surface area contributed by atoms with Crippen molar-refractivity contribution in [3.63, 3.8) is 0 Å². The minimum Gasteiger partial charge on any atom is -0.368 e. The second-order valence-corrected chi connectivity index (χ2v) is 7.64. The summed E-state index contributed by atoms with van der Waals surface area (Å²) in [5, 5.41) is 0.799. The van der Waals surface area contributed by atoms with Gasteiger partial charge in [-0.2, -0.15) is 0 Å². The van der Waals surface area contributed by atoms with E-state index in [2.05, 4.69) is 45.7 Å². The number of halogens is 1. The second kappa shape index (κ2) is 5.54. The van der Waals surface area contributed by atoms with Gasteiger partial charge in [0.1, 0.15) is 0 Å². The Morgan fingerprint density at radius 2 is 1.86 bits per heavy atom. The number of likely N-dealkylation sites (N-methyl/N-ethyl adjacent to an activating group) is 1. The lowest BCUT2D eigenvalue weighted by atomic mass is 9.77. The molecule has 0 spiro atoms. The zero-order chi connectivity index (χ0) is 15.9. The predicted molar refractivity (Wildman–Crippen MR) is 88.6 cm³/mol. The number of ether oxygens (including phenoxy) is 1. The van der Waals surface area contributed by atoms with Crippen LogP contribution in [0.25, 0.3) is 0 Å². The van der Waals surface area contributed by atoms with Gasteiger partial charge in [0.05, 0.1) is 16.7 Å². The van der Waals surface area contributed by atoms with Gasteiger partial charge >= 0.3 is 0 Å². The Balaban J connectivity index is 2.31. The van der Waals surface area contributed by atoms with Crippen LogP contribution in [0, 0.1) is 0 Å². The molecule has 1 saturated heterocycles. The summed E-state index contributed by atoms with van der Waals surface area (Å²) in [6.45, 7) is 9.87. The van der Waals surface area contributed by atoms with Crippen LogP contribution in [0.2, 0.25) is 5.02 Å². The molecule has 21 heavy (non-hydrogen) atoms. The number of nitrogens with zero attached hydrogens (tertiary/aromatic N) is 1. The summed E-state index contributed by atoms with van der Waals surface area (Å²) in [6, 6.07) is 7.97. The molecule has 118 valence electrons. The molecule has 1 fully saturated rings. The van der Waals surface area contributed by atoms with Crippen molar-refractivity contribution in [2.75, 3.05) is 13.6 Å². The van der Waals surface area contributed by atoms with Gasteiger partial charge < -0.3 is 10.5 Å². The van der Waals surface area contributed by atoms with Gasteiger partial charge in [0.2, 0.25) is 0 Å². The molecule has 0 aliphatic carbocycles. The van der Waals surface area contributed by atoms with Crippen LogP contribution < -0.4 is 5.73 Å². The number of hydrogen-bond acceptors (Lipinski definition) is 3. The van der Waals surface area contributed by atoms with Crippen molar-refractivity contribution >= 4 is 11.6 Å². The molecule has 0 saturated carbocycles. The summed E-state index contributed by atoms with van der Waals surface area (Å²) < 4.78 is 6.28. The van der Waals surface area contributed by atoms with E-state index in [1.54, 1.807) is 0 Å². The van der Waals surface area contributed by atoms with Crippen LogP contribution in [-0.4, -0.2) is 35.2 Å². The van der Waals surface area contributed by atoms with E-state index in [0.717, 1.165) is 23.6 Å². The lowest BCUT2D eigenvalue weighted by Crippen LogP contribution is -2.61. The molecule has 1 aromatic rings. The Bertz CT molecular complexity index is 515. The first-order valence-electron chi connectivity index (χ1n) is 7.48. The van der Waals surface area contributed by atoms with Gasteiger partial charge in [0.15, 0.2) is 0 Å². The SMILES string of the molecule is CN(Cc1ccccc1Cl)C1(CN)CC(C)(C)OC1(C)C. The molecule has 2 rings (SSSR count). The average Bonchev–Trinajstić information content (AvgIpc) is 2.57. The lowest BCUT2D eigenvalue weighted by Gasteiger charge is -2.46. The molecular formula is C17H27ClN2O. The monoisotopic (exact) mass is 310 g/mol. The highest BCUT2D eigenvalue weighted by atomic mass is 35.5. The van der Waals surface area contributed by atoms with Gasteiger partial charge in [-0.05, 0) is 52.8 Å². The number of nitrogens with two attached hydrogens (primary N) is 1. The molecule has 3 nitrogen and oxygen atoms in total. The largest absolute Gasteiger partial charge is 0.368 e. The zero-order valence-corrected chi connectivity index (χ0v) is 14.5. The fraction of sp³-hybridized carbons (Fsp3) is 0.647. The minimum absolute atomic E-state index is 0.169. The third-order valence-electron chi connectivity index (χ3n) is 4.80. The van der Waals surface area contributed by atoms with Crippen LogP contribution in [-0.2, 0) is 11.3 Å². The highest BCUT2D eigenvalue weighted by molar-refractivity contribution is 6.31. The molecule has 1 aliphatic heterocycles. The number of benzene rings is 1. The van der Waals surface area contributed by atoms with E-state index in [4.69, 9.17) is 22.1 Å². The molecule has 0 radical (unpaired) electrons. The van der Waals surface area contributed by atoms with Crippen LogP contribution in [0.1, 0.15) is 39.7 Å². The molecule has 0 amide bonds. The predicted octanol–water partition coefficient (Wildman–Crippen LogP) is 3.45. The smallest absolute Gasteiger partial charge is 0.0830 e. The van der Waals surface area contributed by atoms with Crippen molar-refractivity contribution < 1.29 is 4.74 Å². The first-order valence-corrected chi connectivity index (χ1v) is 7.86. The Morgan fingerprint density at radius 3 is 2.33 bits per heavy atom. The third-order valence-corrected chi connectivity index (χ3v) is 5.17. The van der Waals surface area contributed by atoms with Crippen molar-refractivity contribution in [1.29, 1.82) is 0 Å². The number of rotatable bonds is 4. The van der Waals surface area contributed by atoms with Crippen LogP contribution in [0.5, 0.6) is 0 Å². The van der Waals surface area contributed by atoms with Crippen LogP contribution in [0.3, 0.4) is 0 Å². The lowest BCUT2D eigenvalue weighted by molar-refractivity contribution is -0.101. The van der Waals surface area contributed by atoms with Crippen LogP contribution in [0.15, 0.2) is 24.3 Å². The zero-order valence-electron chi connectivity index (χ0n) is 13.7. The molecule has 1 aliphatic rings. The number of hydrogen-bond donors (Lipinski definition) is 1. The standard InChI is InChI=1S/C17H27ClN2O/c1-15(2)11-17(12-19,16(3,4)21-15)20(5)10-13-8-6-7-9-14(13)18/h6-9H,10-12,19H2,1-5H3. The van der Waals surface area contributed by atoms with Crippen molar-refractivity contribution in [1.82, 2.24) is 4.90 Å². The normalized spacial score (nSPS) is 27.2. The van der Waals surface area contributed by atoms with Crippen molar-refractivity contribution in [2.45, 2.75) is 57.4 Å². The molecule has 1 atom stereocenters. The molecule has 4 heteroatoms.